The molecule has 84 valence electrons. The Balaban J connectivity index is 4.14. The van der Waals surface area contributed by atoms with Crippen LogP contribution in [0.2, 0.25) is 0 Å². The van der Waals surface area contributed by atoms with Crippen LogP contribution >= 0.6 is 0 Å². The van der Waals surface area contributed by atoms with Crippen molar-refractivity contribution in [3.8, 4) is 0 Å². The molecule has 0 saturated carbocycles. The number of carbonyl (C=O) groups is 1. The predicted molar refractivity (Wildman–Crippen MR) is 54.7 cm³/mol. The summed E-state index contributed by atoms with van der Waals surface area (Å²) in [5, 5.41) is 0. The highest BCUT2D eigenvalue weighted by molar-refractivity contribution is 7.92. The second kappa shape index (κ2) is 6.01. The third-order valence-corrected chi connectivity index (χ3v) is 3.63. The van der Waals surface area contributed by atoms with Gasteiger partial charge in [0.2, 0.25) is 0 Å². The summed E-state index contributed by atoms with van der Waals surface area (Å²) in [7, 11) is -3.29. The first-order valence-corrected chi connectivity index (χ1v) is 6.59. The zero-order valence-corrected chi connectivity index (χ0v) is 9.76. The van der Waals surface area contributed by atoms with Crippen LogP contribution in [0.15, 0.2) is 0 Å². The Hall–Kier alpha value is -0.580. The molecule has 0 heterocycles. The second-order valence-electron chi connectivity index (χ2n) is 3.37. The fraction of sp³-hybridized carbons (Fsp3) is 0.889. The molecule has 14 heavy (non-hydrogen) atoms. The van der Waals surface area contributed by atoms with Gasteiger partial charge in [0, 0.05) is 0 Å². The van der Waals surface area contributed by atoms with Gasteiger partial charge in [-0.3, -0.25) is 4.79 Å². The summed E-state index contributed by atoms with van der Waals surface area (Å²) in [4.78, 5) is 10.9. The van der Waals surface area contributed by atoms with E-state index in [0.29, 0.717) is 0 Å². The lowest BCUT2D eigenvalue weighted by Crippen LogP contribution is -2.23. The van der Waals surface area contributed by atoms with Crippen molar-refractivity contribution in [1.82, 2.24) is 0 Å². The van der Waals surface area contributed by atoms with E-state index in [1.54, 1.807) is 6.92 Å². The Kier molecular flexibility index (Phi) is 5.76. The number of ether oxygens (including phenoxy) is 1. The fourth-order valence-corrected chi connectivity index (χ4v) is 2.66. The molecule has 0 N–H and O–H groups in total. The van der Waals surface area contributed by atoms with Gasteiger partial charge in [0.05, 0.1) is 12.4 Å². The predicted octanol–water partition coefficient (Wildman–Crippen LogP) is 1.01. The van der Waals surface area contributed by atoms with Gasteiger partial charge in [0.25, 0.3) is 0 Å². The van der Waals surface area contributed by atoms with Gasteiger partial charge in [-0.2, -0.15) is 0 Å². The Morgan fingerprint density at radius 2 is 1.93 bits per heavy atom. The second-order valence-corrected chi connectivity index (χ2v) is 5.48. The normalized spacial score (nSPS) is 13.6. The van der Waals surface area contributed by atoms with Crippen molar-refractivity contribution in [2.24, 2.45) is 5.92 Å². The standard InChI is InChI=1S/C9H18O4S/c1-4-8(3)6-14(11,12)7-9(10)13-5-2/h8H,4-7H2,1-3H3. The molecule has 0 bridgehead atoms. The maximum atomic E-state index is 11.4. The minimum atomic E-state index is -3.29. The molecular weight excluding hydrogens is 204 g/mol. The van der Waals surface area contributed by atoms with E-state index in [-0.39, 0.29) is 18.3 Å². The summed E-state index contributed by atoms with van der Waals surface area (Å²) in [6.07, 6.45) is 0.794. The largest absolute Gasteiger partial charge is 0.465 e. The first kappa shape index (κ1) is 13.4. The Labute approximate surface area is 85.6 Å². The smallest absolute Gasteiger partial charge is 0.321 e. The van der Waals surface area contributed by atoms with Crippen LogP contribution in [0.25, 0.3) is 0 Å². The van der Waals surface area contributed by atoms with E-state index in [4.69, 9.17) is 0 Å². The quantitative estimate of drug-likeness (QED) is 0.629. The van der Waals surface area contributed by atoms with Gasteiger partial charge < -0.3 is 4.74 Å². The molecule has 0 aliphatic rings. The molecule has 0 saturated heterocycles. The van der Waals surface area contributed by atoms with Crippen molar-refractivity contribution in [3.63, 3.8) is 0 Å². The third kappa shape index (κ3) is 5.96. The number of rotatable bonds is 6. The highest BCUT2D eigenvalue weighted by atomic mass is 32.2. The van der Waals surface area contributed by atoms with E-state index in [1.165, 1.54) is 0 Å². The summed E-state index contributed by atoms with van der Waals surface area (Å²) in [6.45, 7) is 5.64. The molecule has 4 nitrogen and oxygen atoms in total. The van der Waals surface area contributed by atoms with E-state index < -0.39 is 21.6 Å². The van der Waals surface area contributed by atoms with E-state index >= 15 is 0 Å². The van der Waals surface area contributed by atoms with E-state index in [1.807, 2.05) is 13.8 Å². The first-order valence-electron chi connectivity index (χ1n) is 4.77. The zero-order chi connectivity index (χ0) is 11.2. The maximum absolute atomic E-state index is 11.4. The van der Waals surface area contributed by atoms with Crippen LogP contribution < -0.4 is 0 Å². The monoisotopic (exact) mass is 222 g/mol. The van der Waals surface area contributed by atoms with Gasteiger partial charge in [0.1, 0.15) is 5.75 Å². The van der Waals surface area contributed by atoms with Gasteiger partial charge in [-0.25, -0.2) is 8.42 Å². The van der Waals surface area contributed by atoms with Crippen LogP contribution in [-0.2, 0) is 19.4 Å². The fourth-order valence-electron chi connectivity index (χ4n) is 0.992. The molecule has 0 aliphatic heterocycles. The van der Waals surface area contributed by atoms with Crippen LogP contribution in [-0.4, -0.2) is 32.5 Å². The lowest BCUT2D eigenvalue weighted by Gasteiger charge is -2.08. The molecule has 0 aromatic heterocycles. The highest BCUT2D eigenvalue weighted by Gasteiger charge is 2.19. The molecule has 0 aromatic rings. The van der Waals surface area contributed by atoms with Gasteiger partial charge in [-0.05, 0) is 12.8 Å². The minimum Gasteiger partial charge on any atom is -0.465 e. The SMILES string of the molecule is CCOC(=O)CS(=O)(=O)CC(C)CC. The zero-order valence-electron chi connectivity index (χ0n) is 8.95. The first-order chi connectivity index (χ1) is 6.41. The molecule has 0 aliphatic carbocycles. The Morgan fingerprint density at radius 3 is 2.36 bits per heavy atom. The summed E-state index contributed by atoms with van der Waals surface area (Å²) in [5.41, 5.74) is 0. The average molecular weight is 222 g/mol. The van der Waals surface area contributed by atoms with Gasteiger partial charge in [-0.1, -0.05) is 20.3 Å². The molecule has 0 aromatic carbocycles. The van der Waals surface area contributed by atoms with Crippen molar-refractivity contribution in [1.29, 1.82) is 0 Å². The minimum absolute atomic E-state index is 0.0579. The van der Waals surface area contributed by atoms with Crippen LogP contribution in [0.3, 0.4) is 0 Å². The molecule has 0 spiro atoms. The van der Waals surface area contributed by atoms with Crippen molar-refractivity contribution >= 4 is 15.8 Å². The molecule has 1 unspecified atom stereocenters. The third-order valence-electron chi connectivity index (χ3n) is 1.88. The van der Waals surface area contributed by atoms with Gasteiger partial charge in [0.15, 0.2) is 9.84 Å². The number of carbonyl (C=O) groups excluding carboxylic acids is 1. The van der Waals surface area contributed by atoms with Gasteiger partial charge in [-0.15, -0.1) is 0 Å². The number of hydrogen-bond acceptors (Lipinski definition) is 4. The van der Waals surface area contributed by atoms with E-state index in [2.05, 4.69) is 4.74 Å². The topological polar surface area (TPSA) is 60.4 Å². The van der Waals surface area contributed by atoms with Gasteiger partial charge >= 0.3 is 5.97 Å². The summed E-state index contributed by atoms with van der Waals surface area (Å²) < 4.78 is 27.3. The van der Waals surface area contributed by atoms with Crippen LogP contribution in [0, 0.1) is 5.92 Å². The average Bonchev–Trinajstić information content (AvgIpc) is 2.02. The summed E-state index contributed by atoms with van der Waals surface area (Å²) >= 11 is 0. The van der Waals surface area contributed by atoms with Crippen LogP contribution in [0.1, 0.15) is 27.2 Å². The highest BCUT2D eigenvalue weighted by Crippen LogP contribution is 2.06. The number of esters is 1. The molecule has 5 heteroatoms. The van der Waals surface area contributed by atoms with Crippen molar-refractivity contribution in [2.45, 2.75) is 27.2 Å². The number of sulfone groups is 1. The van der Waals surface area contributed by atoms with E-state index in [9.17, 15) is 13.2 Å². The van der Waals surface area contributed by atoms with Crippen LogP contribution in [0.5, 0.6) is 0 Å². The van der Waals surface area contributed by atoms with Crippen molar-refractivity contribution in [3.05, 3.63) is 0 Å². The van der Waals surface area contributed by atoms with Crippen LogP contribution in [0.4, 0.5) is 0 Å². The molecular formula is C9H18O4S. The molecule has 0 fully saturated rings. The Bertz CT molecular complexity index is 269. The van der Waals surface area contributed by atoms with Crippen molar-refractivity contribution in [2.75, 3.05) is 18.1 Å². The molecule has 0 rings (SSSR count). The van der Waals surface area contributed by atoms with E-state index in [0.717, 1.165) is 6.42 Å². The van der Waals surface area contributed by atoms with Crippen molar-refractivity contribution < 1.29 is 17.9 Å². The number of hydrogen-bond donors (Lipinski definition) is 0. The molecule has 0 amide bonds. The summed E-state index contributed by atoms with van der Waals surface area (Å²) in [5.74, 6) is -1.00. The molecule has 0 radical (unpaired) electrons. The Morgan fingerprint density at radius 1 is 1.36 bits per heavy atom. The lowest BCUT2D eigenvalue weighted by molar-refractivity contribution is -0.139. The lowest BCUT2D eigenvalue weighted by atomic mass is 10.2. The maximum Gasteiger partial charge on any atom is 0.321 e. The summed E-state index contributed by atoms with van der Waals surface area (Å²) in [6, 6.07) is 0. The molecule has 1 atom stereocenters.